The van der Waals surface area contributed by atoms with Crippen LogP contribution >= 0.6 is 0 Å². The summed E-state index contributed by atoms with van der Waals surface area (Å²) < 4.78 is 15.5. The van der Waals surface area contributed by atoms with Crippen LogP contribution in [-0.4, -0.2) is 45.0 Å². The number of anilines is 1. The molecular weight excluding hydrogens is 320 g/mol. The largest absolute Gasteiger partial charge is 0.493 e. The summed E-state index contributed by atoms with van der Waals surface area (Å²) in [5.74, 6) is -3.43. The van der Waals surface area contributed by atoms with Crippen LogP contribution in [-0.2, 0) is 14.4 Å². The summed E-state index contributed by atoms with van der Waals surface area (Å²) in [6.45, 7) is 1.10. The van der Waals surface area contributed by atoms with Crippen molar-refractivity contribution in [3.8, 4) is 17.2 Å². The quantitative estimate of drug-likeness (QED) is 0.779. The summed E-state index contributed by atoms with van der Waals surface area (Å²) in [7, 11) is 4.16. The monoisotopic (exact) mass is 336 g/mol. The lowest BCUT2D eigenvalue weighted by atomic mass is 10.00. The van der Waals surface area contributed by atoms with Crippen LogP contribution in [0.5, 0.6) is 17.2 Å². The number of ether oxygens (including phenoxy) is 3. The number of carbonyl (C=O) groups excluding carboxylic acids is 4. The van der Waals surface area contributed by atoms with Gasteiger partial charge in [0.05, 0.1) is 27.0 Å². The smallest absolute Gasteiger partial charge is 0.335 e. The molecule has 2 rings (SSSR count). The van der Waals surface area contributed by atoms with E-state index in [9.17, 15) is 19.2 Å². The topological polar surface area (TPSA) is 111 Å². The Morgan fingerprint density at radius 1 is 1.04 bits per heavy atom. The number of hydrogen-bond donors (Lipinski definition) is 1. The molecule has 0 radical (unpaired) electrons. The molecule has 4 amide bonds. The van der Waals surface area contributed by atoms with Gasteiger partial charge in [0.15, 0.2) is 23.2 Å². The number of barbiturate groups is 1. The van der Waals surface area contributed by atoms with Crippen molar-refractivity contribution in [3.63, 3.8) is 0 Å². The summed E-state index contributed by atoms with van der Waals surface area (Å²) in [4.78, 5) is 48.5. The van der Waals surface area contributed by atoms with Gasteiger partial charge in [0.1, 0.15) is 0 Å². The number of methoxy groups -OCH3 is 3. The van der Waals surface area contributed by atoms with E-state index >= 15 is 0 Å². The molecule has 1 atom stereocenters. The highest BCUT2D eigenvalue weighted by Gasteiger charge is 2.44. The number of hydrogen-bond acceptors (Lipinski definition) is 7. The minimum Gasteiger partial charge on any atom is -0.493 e. The lowest BCUT2D eigenvalue weighted by Gasteiger charge is -2.29. The van der Waals surface area contributed by atoms with Gasteiger partial charge in [0.25, 0.3) is 5.91 Å². The van der Waals surface area contributed by atoms with E-state index in [2.05, 4.69) is 0 Å². The van der Waals surface area contributed by atoms with E-state index in [1.54, 1.807) is 0 Å². The summed E-state index contributed by atoms with van der Waals surface area (Å²) in [6, 6.07) is 1.77. The van der Waals surface area contributed by atoms with Gasteiger partial charge in [-0.3, -0.25) is 19.7 Å². The molecule has 1 N–H and O–H groups in total. The molecule has 1 heterocycles. The predicted octanol–water partition coefficient (Wildman–Crippen LogP) is 0.500. The highest BCUT2D eigenvalue weighted by molar-refractivity contribution is 6.34. The molecule has 9 nitrogen and oxygen atoms in total. The van der Waals surface area contributed by atoms with Crippen LogP contribution in [0.4, 0.5) is 10.5 Å². The van der Waals surface area contributed by atoms with Gasteiger partial charge in [0, 0.05) is 12.1 Å². The van der Waals surface area contributed by atoms with E-state index in [0.717, 1.165) is 6.92 Å². The molecular formula is C15H16N2O7. The molecule has 1 aliphatic rings. The minimum absolute atomic E-state index is 0.0748. The normalized spacial score (nSPS) is 17.4. The van der Waals surface area contributed by atoms with E-state index in [1.807, 2.05) is 5.32 Å². The standard InChI is InChI=1S/C15H16N2O7/c1-7(18)11-13(19)16-15(21)17(14(11)20)8-5-9(22-2)12(24-4)10(6-8)23-3/h5-6,11H,1-4H3,(H,16,19,21). The third kappa shape index (κ3) is 2.75. The van der Waals surface area contributed by atoms with Crippen molar-refractivity contribution >= 4 is 29.3 Å². The molecule has 0 saturated carbocycles. The fraction of sp³-hybridized carbons (Fsp3) is 0.333. The van der Waals surface area contributed by atoms with E-state index in [1.165, 1.54) is 33.5 Å². The molecule has 0 aromatic heterocycles. The average molecular weight is 336 g/mol. The number of urea groups is 1. The molecule has 0 aliphatic carbocycles. The number of Topliss-reactive ketones (excluding diaryl/α,β-unsaturated/α-hetero) is 1. The van der Waals surface area contributed by atoms with Gasteiger partial charge in [-0.2, -0.15) is 0 Å². The Bertz CT molecular complexity index is 704. The van der Waals surface area contributed by atoms with Crippen molar-refractivity contribution < 1.29 is 33.4 Å². The van der Waals surface area contributed by atoms with Crippen LogP contribution in [0.25, 0.3) is 0 Å². The third-order valence-electron chi connectivity index (χ3n) is 3.48. The Labute approximate surface area is 137 Å². The second kappa shape index (κ2) is 6.57. The Morgan fingerprint density at radius 3 is 2.00 bits per heavy atom. The van der Waals surface area contributed by atoms with Crippen LogP contribution in [0.1, 0.15) is 6.92 Å². The molecule has 1 aliphatic heterocycles. The number of nitrogens with zero attached hydrogens (tertiary/aromatic N) is 1. The first-order chi connectivity index (χ1) is 11.3. The van der Waals surface area contributed by atoms with Gasteiger partial charge in [-0.15, -0.1) is 0 Å². The van der Waals surface area contributed by atoms with Gasteiger partial charge >= 0.3 is 6.03 Å². The second-order valence-corrected chi connectivity index (χ2v) is 4.90. The average Bonchev–Trinajstić information content (AvgIpc) is 2.52. The molecule has 1 aromatic rings. The lowest BCUT2D eigenvalue weighted by Crippen LogP contribution is -2.59. The van der Waals surface area contributed by atoms with E-state index < -0.39 is 29.5 Å². The van der Waals surface area contributed by atoms with Crippen molar-refractivity contribution in [1.29, 1.82) is 0 Å². The van der Waals surface area contributed by atoms with E-state index in [4.69, 9.17) is 14.2 Å². The van der Waals surface area contributed by atoms with Crippen molar-refractivity contribution in [2.24, 2.45) is 5.92 Å². The summed E-state index contributed by atoms with van der Waals surface area (Å²) in [5, 5.41) is 1.99. The molecule has 24 heavy (non-hydrogen) atoms. The SMILES string of the molecule is COc1cc(N2C(=O)NC(=O)C(C(C)=O)C2=O)cc(OC)c1OC. The van der Waals surface area contributed by atoms with Gasteiger partial charge in [0.2, 0.25) is 11.7 Å². The zero-order valence-electron chi connectivity index (χ0n) is 13.5. The van der Waals surface area contributed by atoms with Crippen molar-refractivity contribution in [2.75, 3.05) is 26.2 Å². The summed E-state index contributed by atoms with van der Waals surface area (Å²) in [6.07, 6.45) is 0. The lowest BCUT2D eigenvalue weighted by molar-refractivity contribution is -0.140. The molecule has 0 bridgehead atoms. The van der Waals surface area contributed by atoms with Crippen molar-refractivity contribution in [3.05, 3.63) is 12.1 Å². The number of imide groups is 2. The molecule has 1 unspecified atom stereocenters. The maximum absolute atomic E-state index is 12.5. The zero-order chi connectivity index (χ0) is 18.0. The fourth-order valence-corrected chi connectivity index (χ4v) is 2.37. The Balaban J connectivity index is 2.57. The third-order valence-corrected chi connectivity index (χ3v) is 3.48. The Hall–Kier alpha value is -3.10. The summed E-state index contributed by atoms with van der Waals surface area (Å²) >= 11 is 0. The molecule has 1 saturated heterocycles. The van der Waals surface area contributed by atoms with E-state index in [0.29, 0.717) is 4.90 Å². The van der Waals surface area contributed by atoms with Crippen molar-refractivity contribution in [1.82, 2.24) is 5.32 Å². The Kier molecular flexibility index (Phi) is 4.72. The maximum atomic E-state index is 12.5. The van der Waals surface area contributed by atoms with Crippen LogP contribution in [0.15, 0.2) is 12.1 Å². The summed E-state index contributed by atoms with van der Waals surface area (Å²) in [5.41, 5.74) is 0.0748. The molecule has 1 fully saturated rings. The number of ketones is 1. The fourth-order valence-electron chi connectivity index (χ4n) is 2.37. The number of rotatable bonds is 5. The number of carbonyl (C=O) groups is 4. The highest BCUT2D eigenvalue weighted by atomic mass is 16.5. The first-order valence-corrected chi connectivity index (χ1v) is 6.85. The molecule has 9 heteroatoms. The maximum Gasteiger partial charge on any atom is 0.335 e. The van der Waals surface area contributed by atoms with Crippen LogP contribution in [0.2, 0.25) is 0 Å². The van der Waals surface area contributed by atoms with E-state index in [-0.39, 0.29) is 22.9 Å². The molecule has 1 aromatic carbocycles. The van der Waals surface area contributed by atoms with Crippen LogP contribution < -0.4 is 24.4 Å². The Morgan fingerprint density at radius 2 is 1.58 bits per heavy atom. The zero-order valence-corrected chi connectivity index (χ0v) is 13.5. The first-order valence-electron chi connectivity index (χ1n) is 6.85. The number of amides is 4. The predicted molar refractivity (Wildman–Crippen MR) is 81.3 cm³/mol. The van der Waals surface area contributed by atoms with Gasteiger partial charge in [-0.1, -0.05) is 0 Å². The van der Waals surface area contributed by atoms with Crippen LogP contribution in [0.3, 0.4) is 0 Å². The molecule has 0 spiro atoms. The first kappa shape index (κ1) is 17.3. The van der Waals surface area contributed by atoms with Gasteiger partial charge in [-0.25, -0.2) is 9.69 Å². The minimum atomic E-state index is -1.58. The highest BCUT2D eigenvalue weighted by Crippen LogP contribution is 2.41. The number of benzene rings is 1. The number of nitrogens with one attached hydrogen (secondary N) is 1. The van der Waals surface area contributed by atoms with Crippen molar-refractivity contribution in [2.45, 2.75) is 6.92 Å². The van der Waals surface area contributed by atoms with Crippen LogP contribution in [0, 0.1) is 5.92 Å². The van der Waals surface area contributed by atoms with Gasteiger partial charge in [-0.05, 0) is 6.92 Å². The van der Waals surface area contributed by atoms with Gasteiger partial charge < -0.3 is 14.2 Å². The molecule has 128 valence electrons. The second-order valence-electron chi connectivity index (χ2n) is 4.90.